The van der Waals surface area contributed by atoms with E-state index in [4.69, 9.17) is 37.0 Å². The fourth-order valence-electron chi connectivity index (χ4n) is 13.1. The summed E-state index contributed by atoms with van der Waals surface area (Å²) in [6.45, 7) is 9.67. The highest BCUT2D eigenvalue weighted by Crippen LogP contribution is 2.45. The van der Waals surface area contributed by atoms with E-state index in [0.29, 0.717) is 25.7 Å². The summed E-state index contributed by atoms with van der Waals surface area (Å²) >= 11 is 0. The third-order valence-electron chi connectivity index (χ3n) is 19.8. The van der Waals surface area contributed by atoms with Crippen molar-refractivity contribution in [2.75, 3.05) is 39.6 Å². The Labute approximate surface area is 650 Å². The molecule has 0 aliphatic heterocycles. The summed E-state index contributed by atoms with van der Waals surface area (Å²) in [7, 11) is -9.94. The molecule has 0 aromatic carbocycles. The van der Waals surface area contributed by atoms with Gasteiger partial charge in [0.05, 0.1) is 26.4 Å². The van der Waals surface area contributed by atoms with Crippen LogP contribution in [0, 0.1) is 11.8 Å². The number of hydrogen-bond donors (Lipinski definition) is 3. The Morgan fingerprint density at radius 1 is 0.292 bits per heavy atom. The average Bonchev–Trinajstić information content (AvgIpc) is 0.899. The van der Waals surface area contributed by atoms with Crippen molar-refractivity contribution in [3.05, 3.63) is 24.3 Å². The van der Waals surface area contributed by atoms with Crippen molar-refractivity contribution in [1.82, 2.24) is 0 Å². The molecular formula is C87H166O17P2. The Hall–Kier alpha value is -2.46. The Morgan fingerprint density at radius 3 is 0.774 bits per heavy atom. The number of aliphatic hydroxyl groups excluding tert-OH is 1. The van der Waals surface area contributed by atoms with Gasteiger partial charge in [0.2, 0.25) is 0 Å². The molecule has 0 amide bonds. The molecule has 0 spiro atoms. The first-order valence-electron chi connectivity index (χ1n) is 44.3. The van der Waals surface area contributed by atoms with E-state index < -0.39 is 97.5 Å². The topological polar surface area (TPSA) is 237 Å². The first-order valence-corrected chi connectivity index (χ1v) is 47.3. The standard InChI is InChI=1S/C87H166O17P2/c1-7-9-11-13-15-17-19-21-26-35-41-47-53-59-65-71-86(91)103-82(75-97-84(89)69-63-57-51-45-39-31-20-18-16-14-12-10-8-2)77-101-105(93,94)99-73-81(88)74-100-106(95,96)102-78-83(104-87(92)72-66-60-54-48-42-36-30-25-23-28-33-38-44-50-56-62-68-80(5)6)76-98-85(90)70-64-58-52-46-40-34-29-24-22-27-32-37-43-49-55-61-67-79(3)4/h17,19,21,26,79-83,88H,7-16,18,20,22-25,27-78H2,1-6H3,(H,93,94)(H,95,96)/b19-17-,26-21-/t81-,82+,83+/m0/s1. The normalized spacial score (nSPS) is 14.0. The van der Waals surface area contributed by atoms with Crippen LogP contribution in [0.25, 0.3) is 0 Å². The van der Waals surface area contributed by atoms with Gasteiger partial charge in [0.25, 0.3) is 0 Å². The molecule has 0 heterocycles. The number of hydrogen-bond acceptors (Lipinski definition) is 15. The number of allylic oxidation sites excluding steroid dienone is 4. The molecule has 0 aromatic heterocycles. The second kappa shape index (κ2) is 77.8. The van der Waals surface area contributed by atoms with E-state index in [1.807, 2.05) is 0 Å². The summed E-state index contributed by atoms with van der Waals surface area (Å²) in [5, 5.41) is 10.7. The van der Waals surface area contributed by atoms with Crippen molar-refractivity contribution in [3.63, 3.8) is 0 Å². The van der Waals surface area contributed by atoms with Crippen LogP contribution in [0.3, 0.4) is 0 Å². The van der Waals surface area contributed by atoms with Gasteiger partial charge in [-0.3, -0.25) is 37.3 Å². The van der Waals surface area contributed by atoms with Crippen LogP contribution in [0.15, 0.2) is 24.3 Å². The molecule has 0 fully saturated rings. The molecule has 0 radical (unpaired) electrons. The van der Waals surface area contributed by atoms with Crippen molar-refractivity contribution >= 4 is 39.5 Å². The minimum absolute atomic E-state index is 0.0857. The lowest BCUT2D eigenvalue weighted by atomic mass is 10.0. The third-order valence-corrected chi connectivity index (χ3v) is 21.7. The molecule has 0 aromatic rings. The van der Waals surface area contributed by atoms with Crippen LogP contribution < -0.4 is 0 Å². The van der Waals surface area contributed by atoms with Crippen LogP contribution in [0.5, 0.6) is 0 Å². The number of esters is 4. The summed E-state index contributed by atoms with van der Waals surface area (Å²) in [6.07, 6.45) is 72.9. The van der Waals surface area contributed by atoms with Gasteiger partial charge in [-0.2, -0.15) is 0 Å². The molecule has 5 atom stereocenters. The second-order valence-electron chi connectivity index (χ2n) is 31.5. The number of unbranched alkanes of at least 4 members (excludes halogenated alkanes) is 51. The van der Waals surface area contributed by atoms with E-state index in [1.165, 1.54) is 244 Å². The van der Waals surface area contributed by atoms with E-state index in [0.717, 1.165) is 115 Å². The summed E-state index contributed by atoms with van der Waals surface area (Å²) in [6, 6.07) is 0. The quantitative estimate of drug-likeness (QED) is 0.0169. The van der Waals surface area contributed by atoms with E-state index in [1.54, 1.807) is 0 Å². The highest BCUT2D eigenvalue weighted by molar-refractivity contribution is 7.47. The third kappa shape index (κ3) is 79.6. The fourth-order valence-corrected chi connectivity index (χ4v) is 14.6. The lowest BCUT2D eigenvalue weighted by Crippen LogP contribution is -2.30. The SMILES string of the molecule is CCCCCC/C=C\C=C/CCCCCCCC(=O)O[C@H](COC(=O)CCCCCCCCCCCCCCC)COP(=O)(O)OC[C@H](O)COP(=O)(O)OC[C@@H](COC(=O)CCCCCCCCCCCCCCCCCCC(C)C)OC(=O)CCCCCCCCCCCCCCCCCCC(C)C. The van der Waals surface area contributed by atoms with Gasteiger partial charge < -0.3 is 33.8 Å². The Balaban J connectivity index is 5.29. The number of carbonyl (C=O) groups excluding carboxylic acids is 4. The van der Waals surface area contributed by atoms with Crippen molar-refractivity contribution in [2.24, 2.45) is 11.8 Å². The predicted molar refractivity (Wildman–Crippen MR) is 437 cm³/mol. The number of rotatable bonds is 84. The summed E-state index contributed by atoms with van der Waals surface area (Å²) in [5.41, 5.74) is 0. The lowest BCUT2D eigenvalue weighted by molar-refractivity contribution is -0.161. The van der Waals surface area contributed by atoms with Crippen molar-refractivity contribution < 1.29 is 80.2 Å². The smallest absolute Gasteiger partial charge is 0.462 e. The van der Waals surface area contributed by atoms with Crippen LogP contribution >= 0.6 is 15.6 Å². The van der Waals surface area contributed by atoms with Crippen LogP contribution in [-0.4, -0.2) is 96.7 Å². The zero-order valence-corrected chi connectivity index (χ0v) is 71.0. The zero-order valence-electron chi connectivity index (χ0n) is 69.2. The van der Waals surface area contributed by atoms with Crippen LogP contribution in [0.1, 0.15) is 440 Å². The molecule has 0 bridgehead atoms. The maximum Gasteiger partial charge on any atom is 0.472 e. The van der Waals surface area contributed by atoms with Crippen LogP contribution in [0.2, 0.25) is 0 Å². The van der Waals surface area contributed by atoms with Gasteiger partial charge in [-0.05, 0) is 63.2 Å². The average molecular weight is 1550 g/mol. The molecule has 0 aliphatic carbocycles. The molecule has 626 valence electrons. The van der Waals surface area contributed by atoms with Gasteiger partial charge in [0.15, 0.2) is 12.2 Å². The maximum absolute atomic E-state index is 13.2. The van der Waals surface area contributed by atoms with Gasteiger partial charge in [-0.15, -0.1) is 0 Å². The minimum Gasteiger partial charge on any atom is -0.462 e. The van der Waals surface area contributed by atoms with E-state index in [-0.39, 0.29) is 25.7 Å². The van der Waals surface area contributed by atoms with Gasteiger partial charge in [-0.25, -0.2) is 9.13 Å². The Bertz CT molecular complexity index is 2120. The summed E-state index contributed by atoms with van der Waals surface area (Å²) in [5.74, 6) is -0.510. The molecule has 0 rings (SSSR count). The molecular weight excluding hydrogens is 1380 g/mol. The Morgan fingerprint density at radius 2 is 0.509 bits per heavy atom. The lowest BCUT2D eigenvalue weighted by Gasteiger charge is -2.21. The molecule has 17 nitrogen and oxygen atoms in total. The van der Waals surface area contributed by atoms with Gasteiger partial charge >= 0.3 is 39.5 Å². The molecule has 106 heavy (non-hydrogen) atoms. The highest BCUT2D eigenvalue weighted by Gasteiger charge is 2.30. The van der Waals surface area contributed by atoms with Crippen molar-refractivity contribution in [2.45, 2.75) is 458 Å². The highest BCUT2D eigenvalue weighted by atomic mass is 31.2. The van der Waals surface area contributed by atoms with Gasteiger partial charge in [0, 0.05) is 25.7 Å². The molecule has 3 N–H and O–H groups in total. The first kappa shape index (κ1) is 104. The minimum atomic E-state index is -4.97. The second-order valence-corrected chi connectivity index (χ2v) is 34.5. The van der Waals surface area contributed by atoms with E-state index >= 15 is 0 Å². The largest absolute Gasteiger partial charge is 0.472 e. The number of carbonyl (C=O) groups is 4. The summed E-state index contributed by atoms with van der Waals surface area (Å²) < 4.78 is 68.9. The van der Waals surface area contributed by atoms with E-state index in [9.17, 15) is 43.2 Å². The number of ether oxygens (including phenoxy) is 4. The monoisotopic (exact) mass is 1550 g/mol. The van der Waals surface area contributed by atoms with Crippen molar-refractivity contribution in [1.29, 1.82) is 0 Å². The molecule has 19 heteroatoms. The maximum atomic E-state index is 13.2. The zero-order chi connectivity index (χ0) is 77.8. The Kier molecular flexibility index (Phi) is 76.0. The van der Waals surface area contributed by atoms with Gasteiger partial charge in [-0.1, -0.05) is 387 Å². The summed E-state index contributed by atoms with van der Waals surface area (Å²) in [4.78, 5) is 73.3. The molecule has 0 saturated heterocycles. The number of aliphatic hydroxyl groups is 1. The molecule has 2 unspecified atom stereocenters. The number of phosphoric acid groups is 2. The van der Waals surface area contributed by atoms with Crippen LogP contribution in [-0.2, 0) is 65.4 Å². The van der Waals surface area contributed by atoms with Crippen molar-refractivity contribution in [3.8, 4) is 0 Å². The predicted octanol–water partition coefficient (Wildman–Crippen LogP) is 26.2. The number of phosphoric ester groups is 2. The first-order chi connectivity index (χ1) is 51.4. The van der Waals surface area contributed by atoms with Crippen LogP contribution in [0.4, 0.5) is 0 Å². The molecule has 0 aliphatic rings. The van der Waals surface area contributed by atoms with Gasteiger partial charge in [0.1, 0.15) is 19.3 Å². The molecule has 0 saturated carbocycles. The fraction of sp³-hybridized carbons (Fsp3) is 0.908. The van der Waals surface area contributed by atoms with E-state index in [2.05, 4.69) is 65.8 Å².